The zero-order chi connectivity index (χ0) is 20.4. The highest BCUT2D eigenvalue weighted by Crippen LogP contribution is 2.48. The Hall–Kier alpha value is -2.36. The fourth-order valence-corrected chi connectivity index (χ4v) is 3.30. The number of carbonyl (C=O) groups excluding carboxylic acids is 2. The summed E-state index contributed by atoms with van der Waals surface area (Å²) in [5.74, 6) is -0.995. The Morgan fingerprint density at radius 3 is 2.61 bits per heavy atom. The number of piperazine rings is 1. The third-order valence-electron chi connectivity index (χ3n) is 5.11. The monoisotopic (exact) mass is 402 g/mol. The van der Waals surface area contributed by atoms with Crippen molar-refractivity contribution in [2.45, 2.75) is 24.4 Å². The third kappa shape index (κ3) is 5.12. The molecule has 28 heavy (non-hydrogen) atoms. The molecule has 0 atom stereocenters. The van der Waals surface area contributed by atoms with Crippen LogP contribution in [0.3, 0.4) is 0 Å². The largest absolute Gasteiger partial charge is 0.416 e. The van der Waals surface area contributed by atoms with Crippen LogP contribution in [-0.2, 0) is 16.4 Å². The number of halogens is 4. The molecule has 3 amide bonds. The molecule has 154 valence electrons. The Bertz CT molecular complexity index is 750. The van der Waals surface area contributed by atoms with Crippen molar-refractivity contribution in [3.63, 3.8) is 0 Å². The maximum absolute atomic E-state index is 13.7. The first-order valence-electron chi connectivity index (χ1n) is 9.07. The number of nitrogens with one attached hydrogen (secondary N) is 3. The van der Waals surface area contributed by atoms with Crippen LogP contribution in [0.25, 0.3) is 0 Å². The summed E-state index contributed by atoms with van der Waals surface area (Å²) in [6, 6.07) is 2.08. The second kappa shape index (κ2) is 7.94. The Morgan fingerprint density at radius 1 is 1.21 bits per heavy atom. The van der Waals surface area contributed by atoms with Gasteiger partial charge in [0, 0.05) is 38.1 Å². The number of carbonyl (C=O) groups is 2. The van der Waals surface area contributed by atoms with Gasteiger partial charge in [-0.2, -0.15) is 13.2 Å². The Morgan fingerprint density at radius 2 is 1.96 bits per heavy atom. The molecule has 0 unspecified atom stereocenters. The highest BCUT2D eigenvalue weighted by molar-refractivity contribution is 5.78. The van der Waals surface area contributed by atoms with Gasteiger partial charge in [0.25, 0.3) is 0 Å². The normalized spacial score (nSPS) is 19.1. The third-order valence-corrected chi connectivity index (χ3v) is 5.11. The maximum Gasteiger partial charge on any atom is 0.416 e. The smallest absolute Gasteiger partial charge is 0.354 e. The summed E-state index contributed by atoms with van der Waals surface area (Å²) in [4.78, 5) is 25.2. The van der Waals surface area contributed by atoms with Gasteiger partial charge in [0.05, 0.1) is 12.1 Å². The van der Waals surface area contributed by atoms with Crippen LogP contribution in [0.2, 0.25) is 0 Å². The average molecular weight is 402 g/mol. The molecule has 1 heterocycles. The highest BCUT2D eigenvalue weighted by Gasteiger charge is 2.46. The van der Waals surface area contributed by atoms with E-state index in [1.807, 2.05) is 4.90 Å². The number of benzene rings is 1. The van der Waals surface area contributed by atoms with Gasteiger partial charge in [-0.05, 0) is 36.6 Å². The maximum atomic E-state index is 13.7. The SMILES string of the molecule is O=C1CN(CCNC(=O)NCC2(c3cc(F)cc(C(F)(F)F)c3)CC2)CCN1. The summed E-state index contributed by atoms with van der Waals surface area (Å²) >= 11 is 0. The molecule has 1 aromatic rings. The summed E-state index contributed by atoms with van der Waals surface area (Å²) in [6.45, 7) is 2.55. The summed E-state index contributed by atoms with van der Waals surface area (Å²) in [5, 5.41) is 8.03. The standard InChI is InChI=1S/C18H22F4N4O2/c19-14-8-12(7-13(9-14)18(20,21)22)17(1-2-17)11-25-16(28)24-4-6-26-5-3-23-15(27)10-26/h7-9H,1-6,10-11H2,(H,23,27)(H2,24,25,28). The number of rotatable bonds is 6. The molecule has 6 nitrogen and oxygen atoms in total. The van der Waals surface area contributed by atoms with Crippen LogP contribution in [-0.4, -0.2) is 56.1 Å². The summed E-state index contributed by atoms with van der Waals surface area (Å²) in [5.41, 5.74) is -1.44. The highest BCUT2D eigenvalue weighted by atomic mass is 19.4. The van der Waals surface area contributed by atoms with E-state index in [2.05, 4.69) is 16.0 Å². The van der Waals surface area contributed by atoms with E-state index in [-0.39, 0.29) is 24.6 Å². The first kappa shape index (κ1) is 20.4. The molecule has 3 rings (SSSR count). The lowest BCUT2D eigenvalue weighted by atomic mass is 9.94. The molecule has 2 fully saturated rings. The molecule has 3 N–H and O–H groups in total. The lowest BCUT2D eigenvalue weighted by molar-refractivity contribution is -0.137. The van der Waals surface area contributed by atoms with Gasteiger partial charge in [0.1, 0.15) is 5.82 Å². The predicted molar refractivity (Wildman–Crippen MR) is 93.2 cm³/mol. The first-order chi connectivity index (χ1) is 13.2. The van der Waals surface area contributed by atoms with Crippen molar-refractivity contribution in [3.05, 3.63) is 35.1 Å². The van der Waals surface area contributed by atoms with E-state index in [4.69, 9.17) is 0 Å². The second-order valence-corrected chi connectivity index (χ2v) is 7.24. The van der Waals surface area contributed by atoms with Gasteiger partial charge < -0.3 is 16.0 Å². The van der Waals surface area contributed by atoms with Gasteiger partial charge in [0.15, 0.2) is 0 Å². The van der Waals surface area contributed by atoms with Gasteiger partial charge in [-0.1, -0.05) is 0 Å². The molecule has 0 bridgehead atoms. The van der Waals surface area contributed by atoms with E-state index in [1.54, 1.807) is 0 Å². The molecule has 10 heteroatoms. The molecule has 0 aromatic heterocycles. The van der Waals surface area contributed by atoms with Crippen LogP contribution in [0.5, 0.6) is 0 Å². The number of amides is 3. The number of nitrogens with zero attached hydrogens (tertiary/aromatic N) is 1. The van der Waals surface area contributed by atoms with Gasteiger partial charge in [-0.25, -0.2) is 9.18 Å². The van der Waals surface area contributed by atoms with E-state index in [9.17, 15) is 27.2 Å². The van der Waals surface area contributed by atoms with Crippen molar-refractivity contribution in [2.75, 3.05) is 39.3 Å². The second-order valence-electron chi connectivity index (χ2n) is 7.24. The lowest BCUT2D eigenvalue weighted by Gasteiger charge is -2.26. The van der Waals surface area contributed by atoms with Crippen LogP contribution in [0.4, 0.5) is 22.4 Å². The summed E-state index contributed by atoms with van der Waals surface area (Å²) < 4.78 is 52.4. The number of hydrogen-bond donors (Lipinski definition) is 3. The van der Waals surface area contributed by atoms with E-state index >= 15 is 0 Å². The van der Waals surface area contributed by atoms with Crippen LogP contribution in [0.1, 0.15) is 24.0 Å². The number of hydrogen-bond acceptors (Lipinski definition) is 3. The average Bonchev–Trinajstić information content (AvgIpc) is 3.40. The summed E-state index contributed by atoms with van der Waals surface area (Å²) in [7, 11) is 0. The number of urea groups is 1. The minimum absolute atomic E-state index is 0.0558. The Balaban J connectivity index is 1.49. The fourth-order valence-electron chi connectivity index (χ4n) is 3.30. The minimum atomic E-state index is -4.62. The van der Waals surface area contributed by atoms with Crippen molar-refractivity contribution < 1.29 is 27.2 Å². The molecular weight excluding hydrogens is 380 g/mol. The van der Waals surface area contributed by atoms with Crippen LogP contribution in [0, 0.1) is 5.82 Å². The van der Waals surface area contributed by atoms with Crippen LogP contribution < -0.4 is 16.0 Å². The van der Waals surface area contributed by atoms with Gasteiger partial charge >= 0.3 is 12.2 Å². The quantitative estimate of drug-likeness (QED) is 0.633. The Labute approximate surface area is 159 Å². The van der Waals surface area contributed by atoms with Gasteiger partial charge in [0.2, 0.25) is 5.91 Å². The first-order valence-corrected chi connectivity index (χ1v) is 9.07. The molecular formula is C18H22F4N4O2. The van der Waals surface area contributed by atoms with E-state index in [1.165, 1.54) is 0 Å². The minimum Gasteiger partial charge on any atom is -0.354 e. The molecule has 1 saturated heterocycles. The van der Waals surface area contributed by atoms with Crippen molar-refractivity contribution in [1.29, 1.82) is 0 Å². The zero-order valence-electron chi connectivity index (χ0n) is 15.2. The number of alkyl halides is 3. The topological polar surface area (TPSA) is 73.5 Å². The molecule has 1 saturated carbocycles. The molecule has 1 aliphatic heterocycles. The molecule has 2 aliphatic rings. The van der Waals surface area contributed by atoms with Gasteiger partial charge in [-0.3, -0.25) is 9.69 Å². The van der Waals surface area contributed by atoms with Crippen molar-refractivity contribution in [3.8, 4) is 0 Å². The summed E-state index contributed by atoms with van der Waals surface area (Å²) in [6.07, 6.45) is -3.46. The van der Waals surface area contributed by atoms with E-state index < -0.39 is 29.0 Å². The lowest BCUT2D eigenvalue weighted by Crippen LogP contribution is -2.50. The van der Waals surface area contributed by atoms with Crippen molar-refractivity contribution in [2.24, 2.45) is 0 Å². The van der Waals surface area contributed by atoms with Gasteiger partial charge in [-0.15, -0.1) is 0 Å². The Kier molecular flexibility index (Phi) is 5.78. The zero-order valence-corrected chi connectivity index (χ0v) is 15.2. The van der Waals surface area contributed by atoms with Crippen LogP contribution >= 0.6 is 0 Å². The molecule has 1 aliphatic carbocycles. The molecule has 1 aromatic carbocycles. The van der Waals surface area contributed by atoms with E-state index in [0.29, 0.717) is 45.1 Å². The predicted octanol–water partition coefficient (Wildman–Crippen LogP) is 1.61. The van der Waals surface area contributed by atoms with Crippen molar-refractivity contribution >= 4 is 11.9 Å². The van der Waals surface area contributed by atoms with Crippen molar-refractivity contribution in [1.82, 2.24) is 20.9 Å². The fraction of sp³-hybridized carbons (Fsp3) is 0.556. The van der Waals surface area contributed by atoms with E-state index in [0.717, 1.165) is 12.1 Å². The molecule has 0 spiro atoms. The molecule has 0 radical (unpaired) electrons. The van der Waals surface area contributed by atoms with Crippen LogP contribution in [0.15, 0.2) is 18.2 Å².